The molecule has 2 aromatic rings. The highest BCUT2D eigenvalue weighted by molar-refractivity contribution is 5.91. The minimum Gasteiger partial charge on any atom is -0.465 e. The van der Waals surface area contributed by atoms with Crippen LogP contribution >= 0.6 is 0 Å². The standard InChI is InChI=1S/C14H17NO3/c1-9-7-13(14(16)17-4)11(3)15(9)8-12-6-5-10(2)18-12/h5-7H,8H2,1-4H3. The molecule has 0 N–H and O–H groups in total. The number of hydrogen-bond acceptors (Lipinski definition) is 3. The van der Waals surface area contributed by atoms with Crippen LogP contribution < -0.4 is 0 Å². The molecule has 2 rings (SSSR count). The van der Waals surface area contributed by atoms with Crippen molar-refractivity contribution in [1.29, 1.82) is 0 Å². The number of esters is 1. The second-order valence-electron chi connectivity index (χ2n) is 4.37. The molecule has 18 heavy (non-hydrogen) atoms. The van der Waals surface area contributed by atoms with Gasteiger partial charge in [0.05, 0.1) is 19.2 Å². The monoisotopic (exact) mass is 247 g/mol. The molecular weight excluding hydrogens is 230 g/mol. The third-order valence-electron chi connectivity index (χ3n) is 3.09. The third-order valence-corrected chi connectivity index (χ3v) is 3.09. The second-order valence-corrected chi connectivity index (χ2v) is 4.37. The Kier molecular flexibility index (Phi) is 3.28. The molecule has 0 atom stereocenters. The van der Waals surface area contributed by atoms with Crippen LogP contribution in [-0.4, -0.2) is 17.6 Å². The highest BCUT2D eigenvalue weighted by atomic mass is 16.5. The van der Waals surface area contributed by atoms with Crippen molar-refractivity contribution in [2.24, 2.45) is 0 Å². The SMILES string of the molecule is COC(=O)c1cc(C)n(Cc2ccc(C)o2)c1C. The van der Waals surface area contributed by atoms with Crippen LogP contribution in [0.25, 0.3) is 0 Å². The van der Waals surface area contributed by atoms with Crippen molar-refractivity contribution >= 4 is 5.97 Å². The van der Waals surface area contributed by atoms with Crippen molar-refractivity contribution in [2.45, 2.75) is 27.3 Å². The first kappa shape index (κ1) is 12.5. The normalized spacial score (nSPS) is 10.7. The predicted molar refractivity (Wildman–Crippen MR) is 67.8 cm³/mol. The molecule has 0 aliphatic heterocycles. The molecule has 0 bridgehead atoms. The molecule has 0 aliphatic carbocycles. The van der Waals surface area contributed by atoms with E-state index in [2.05, 4.69) is 0 Å². The first-order valence-electron chi connectivity index (χ1n) is 5.83. The Bertz CT molecular complexity index is 578. The summed E-state index contributed by atoms with van der Waals surface area (Å²) < 4.78 is 12.4. The zero-order valence-corrected chi connectivity index (χ0v) is 11.1. The first-order valence-corrected chi connectivity index (χ1v) is 5.83. The Morgan fingerprint density at radius 1 is 1.33 bits per heavy atom. The van der Waals surface area contributed by atoms with Crippen molar-refractivity contribution in [3.05, 3.63) is 46.7 Å². The summed E-state index contributed by atoms with van der Waals surface area (Å²) in [5, 5.41) is 0. The van der Waals surface area contributed by atoms with Gasteiger partial charge >= 0.3 is 5.97 Å². The fourth-order valence-corrected chi connectivity index (χ4v) is 2.09. The van der Waals surface area contributed by atoms with Crippen LogP contribution in [0.15, 0.2) is 22.6 Å². The van der Waals surface area contributed by atoms with E-state index >= 15 is 0 Å². The zero-order chi connectivity index (χ0) is 13.3. The van der Waals surface area contributed by atoms with Crippen molar-refractivity contribution in [1.82, 2.24) is 4.57 Å². The van der Waals surface area contributed by atoms with Crippen LogP contribution in [0.1, 0.15) is 33.3 Å². The average molecular weight is 247 g/mol. The molecule has 2 aromatic heterocycles. The fourth-order valence-electron chi connectivity index (χ4n) is 2.09. The van der Waals surface area contributed by atoms with Crippen LogP contribution in [0.2, 0.25) is 0 Å². The Balaban J connectivity index is 2.34. The number of methoxy groups -OCH3 is 1. The van der Waals surface area contributed by atoms with Crippen LogP contribution in [0.5, 0.6) is 0 Å². The molecule has 4 nitrogen and oxygen atoms in total. The lowest BCUT2D eigenvalue weighted by Gasteiger charge is -2.07. The molecule has 96 valence electrons. The van der Waals surface area contributed by atoms with E-state index in [-0.39, 0.29) is 5.97 Å². The van der Waals surface area contributed by atoms with Crippen molar-refractivity contribution in [2.75, 3.05) is 7.11 Å². The summed E-state index contributed by atoms with van der Waals surface area (Å²) in [6.45, 7) is 6.42. The van der Waals surface area contributed by atoms with E-state index in [9.17, 15) is 4.79 Å². The highest BCUT2D eigenvalue weighted by Gasteiger charge is 2.16. The molecule has 4 heteroatoms. The maximum absolute atomic E-state index is 11.6. The number of aromatic nitrogens is 1. The van der Waals surface area contributed by atoms with Gasteiger partial charge < -0.3 is 13.7 Å². The van der Waals surface area contributed by atoms with E-state index in [4.69, 9.17) is 9.15 Å². The van der Waals surface area contributed by atoms with Gasteiger partial charge in [0.15, 0.2) is 0 Å². The van der Waals surface area contributed by atoms with Gasteiger partial charge in [-0.15, -0.1) is 0 Å². The Morgan fingerprint density at radius 3 is 2.61 bits per heavy atom. The van der Waals surface area contributed by atoms with Crippen molar-refractivity contribution in [3.8, 4) is 0 Å². The summed E-state index contributed by atoms with van der Waals surface area (Å²) in [5.41, 5.74) is 2.52. The molecule has 0 amide bonds. The Morgan fingerprint density at radius 2 is 2.06 bits per heavy atom. The molecule has 0 aliphatic rings. The van der Waals surface area contributed by atoms with Crippen LogP contribution in [0.3, 0.4) is 0 Å². The molecule has 0 spiro atoms. The molecule has 0 saturated carbocycles. The van der Waals surface area contributed by atoms with E-state index < -0.39 is 0 Å². The van der Waals surface area contributed by atoms with Crippen LogP contribution in [0, 0.1) is 20.8 Å². The predicted octanol–water partition coefficient (Wildman–Crippen LogP) is 2.84. The summed E-state index contributed by atoms with van der Waals surface area (Å²) in [6, 6.07) is 5.73. The summed E-state index contributed by atoms with van der Waals surface area (Å²) in [7, 11) is 1.39. The molecule has 0 aromatic carbocycles. The van der Waals surface area contributed by atoms with Crippen molar-refractivity contribution < 1.29 is 13.9 Å². The second kappa shape index (κ2) is 4.72. The molecule has 0 radical (unpaired) electrons. The van der Waals surface area contributed by atoms with Gasteiger partial charge in [-0.3, -0.25) is 0 Å². The quantitative estimate of drug-likeness (QED) is 0.783. The van der Waals surface area contributed by atoms with Gasteiger partial charge in [0, 0.05) is 11.4 Å². The number of aryl methyl sites for hydroxylation is 2. The fraction of sp³-hybridized carbons (Fsp3) is 0.357. The molecular formula is C14H17NO3. The van der Waals surface area contributed by atoms with Gasteiger partial charge in [0.1, 0.15) is 11.5 Å². The van der Waals surface area contributed by atoms with Gasteiger partial charge in [-0.25, -0.2) is 4.79 Å². The van der Waals surface area contributed by atoms with E-state index in [1.165, 1.54) is 7.11 Å². The number of hydrogen-bond donors (Lipinski definition) is 0. The summed E-state index contributed by atoms with van der Waals surface area (Å²) in [4.78, 5) is 11.6. The van der Waals surface area contributed by atoms with E-state index in [0.29, 0.717) is 12.1 Å². The summed E-state index contributed by atoms with van der Waals surface area (Å²) >= 11 is 0. The lowest BCUT2D eigenvalue weighted by Crippen LogP contribution is -2.06. The number of ether oxygens (including phenoxy) is 1. The average Bonchev–Trinajstić information content (AvgIpc) is 2.87. The Hall–Kier alpha value is -1.97. The lowest BCUT2D eigenvalue weighted by molar-refractivity contribution is 0.0599. The first-order chi connectivity index (χ1) is 8.52. The number of carbonyl (C=O) groups excluding carboxylic acids is 1. The number of rotatable bonds is 3. The molecule has 2 heterocycles. The van der Waals surface area contributed by atoms with Crippen LogP contribution in [-0.2, 0) is 11.3 Å². The lowest BCUT2D eigenvalue weighted by atomic mass is 10.2. The van der Waals surface area contributed by atoms with Crippen LogP contribution in [0.4, 0.5) is 0 Å². The van der Waals surface area contributed by atoms with Gasteiger partial charge in [-0.2, -0.15) is 0 Å². The minimum atomic E-state index is -0.301. The smallest absolute Gasteiger partial charge is 0.339 e. The maximum Gasteiger partial charge on any atom is 0.339 e. The molecule has 0 saturated heterocycles. The zero-order valence-electron chi connectivity index (χ0n) is 11.1. The topological polar surface area (TPSA) is 44.4 Å². The largest absolute Gasteiger partial charge is 0.465 e. The third kappa shape index (κ3) is 2.18. The van der Waals surface area contributed by atoms with Gasteiger partial charge in [0.25, 0.3) is 0 Å². The number of furan rings is 1. The Labute approximate surface area is 106 Å². The van der Waals surface area contributed by atoms with E-state index in [0.717, 1.165) is 22.9 Å². The molecule has 0 fully saturated rings. The van der Waals surface area contributed by atoms with Crippen molar-refractivity contribution in [3.63, 3.8) is 0 Å². The van der Waals surface area contributed by atoms with Gasteiger partial charge in [-0.05, 0) is 39.0 Å². The number of nitrogens with zero attached hydrogens (tertiary/aromatic N) is 1. The molecule has 0 unspecified atom stereocenters. The number of carbonyl (C=O) groups is 1. The summed E-state index contributed by atoms with van der Waals surface area (Å²) in [6.07, 6.45) is 0. The summed E-state index contributed by atoms with van der Waals surface area (Å²) in [5.74, 6) is 1.47. The van der Waals surface area contributed by atoms with Gasteiger partial charge in [0.2, 0.25) is 0 Å². The van der Waals surface area contributed by atoms with E-state index in [1.54, 1.807) is 0 Å². The van der Waals surface area contributed by atoms with Gasteiger partial charge in [-0.1, -0.05) is 0 Å². The highest BCUT2D eigenvalue weighted by Crippen LogP contribution is 2.18. The maximum atomic E-state index is 11.6. The minimum absolute atomic E-state index is 0.301. The van der Waals surface area contributed by atoms with E-state index in [1.807, 2.05) is 43.5 Å².